The minimum atomic E-state index is -0.739. The first-order valence-corrected chi connectivity index (χ1v) is 13.0. The number of nitriles is 1. The summed E-state index contributed by atoms with van der Waals surface area (Å²) in [6, 6.07) is 23.7. The lowest BCUT2D eigenvalue weighted by Gasteiger charge is -2.12. The van der Waals surface area contributed by atoms with Gasteiger partial charge < -0.3 is 19.9 Å². The molecule has 0 bridgehead atoms. The largest absolute Gasteiger partial charge is 0.489 e. The first-order valence-electron chi connectivity index (χ1n) is 13.0. The van der Waals surface area contributed by atoms with Crippen molar-refractivity contribution in [3.05, 3.63) is 118 Å². The van der Waals surface area contributed by atoms with E-state index >= 15 is 0 Å². The standard InChI is InChI=1S/C32H26FN5O4/c1-20-15-24(16-29-31(40)37(32(41)36-29)18-30(39)35-28-10-6-5-9-27(28)33)21(2)38(20)25-11-13-26(14-12-25)42-19-23-8-4-3-7-22(23)17-34/h3-16H,18-19H2,1-2H3,(H,35,39)(H,36,41)/b29-16+. The number of benzene rings is 3. The summed E-state index contributed by atoms with van der Waals surface area (Å²) in [7, 11) is 0. The topological polar surface area (TPSA) is 116 Å². The summed E-state index contributed by atoms with van der Waals surface area (Å²) in [5.41, 5.74) is 4.66. The zero-order chi connectivity index (χ0) is 29.8. The van der Waals surface area contributed by atoms with Crippen LogP contribution in [0.1, 0.15) is 28.1 Å². The number of carbonyl (C=O) groups is 3. The van der Waals surface area contributed by atoms with Gasteiger partial charge in [-0.25, -0.2) is 14.1 Å². The number of anilines is 1. The molecule has 2 heterocycles. The van der Waals surface area contributed by atoms with Crippen LogP contribution in [-0.4, -0.2) is 33.9 Å². The summed E-state index contributed by atoms with van der Waals surface area (Å²) in [5, 5.41) is 14.2. The average Bonchev–Trinajstić information content (AvgIpc) is 3.41. The maximum absolute atomic E-state index is 13.9. The highest BCUT2D eigenvalue weighted by Crippen LogP contribution is 2.26. The second-order valence-corrected chi connectivity index (χ2v) is 9.62. The summed E-state index contributed by atoms with van der Waals surface area (Å²) in [5.74, 6) is -1.34. The van der Waals surface area contributed by atoms with Gasteiger partial charge in [0, 0.05) is 22.6 Å². The minimum Gasteiger partial charge on any atom is -0.489 e. The van der Waals surface area contributed by atoms with E-state index in [2.05, 4.69) is 16.7 Å². The predicted octanol–water partition coefficient (Wildman–Crippen LogP) is 5.22. The maximum Gasteiger partial charge on any atom is 0.329 e. The van der Waals surface area contributed by atoms with Crippen LogP contribution in [0.15, 0.2) is 84.6 Å². The number of imide groups is 1. The van der Waals surface area contributed by atoms with E-state index in [1.807, 2.05) is 66.9 Å². The van der Waals surface area contributed by atoms with Gasteiger partial charge in [0.15, 0.2) is 0 Å². The summed E-state index contributed by atoms with van der Waals surface area (Å²) in [4.78, 5) is 38.6. The number of aryl methyl sites for hydroxylation is 1. The Hall–Kier alpha value is -5.69. The van der Waals surface area contributed by atoms with Crippen molar-refractivity contribution in [3.63, 3.8) is 0 Å². The number of aromatic nitrogens is 1. The zero-order valence-corrected chi connectivity index (χ0v) is 22.8. The molecule has 3 aromatic carbocycles. The molecule has 0 atom stereocenters. The Kier molecular flexibility index (Phi) is 7.84. The van der Waals surface area contributed by atoms with Crippen LogP contribution in [-0.2, 0) is 16.2 Å². The summed E-state index contributed by atoms with van der Waals surface area (Å²) in [6.45, 7) is 3.52. The highest BCUT2D eigenvalue weighted by atomic mass is 19.1. The molecule has 4 amide bonds. The maximum atomic E-state index is 13.9. The van der Waals surface area contributed by atoms with Crippen LogP contribution >= 0.6 is 0 Å². The van der Waals surface area contributed by atoms with Crippen molar-refractivity contribution in [1.82, 2.24) is 14.8 Å². The highest BCUT2D eigenvalue weighted by Gasteiger charge is 2.35. The molecule has 1 aliphatic rings. The number of halogens is 1. The smallest absolute Gasteiger partial charge is 0.329 e. The lowest BCUT2D eigenvalue weighted by atomic mass is 10.1. The van der Waals surface area contributed by atoms with Gasteiger partial charge in [-0.05, 0) is 74.0 Å². The Morgan fingerprint density at radius 2 is 1.76 bits per heavy atom. The molecule has 1 aliphatic heterocycles. The Balaban J connectivity index is 1.28. The molecular weight excluding hydrogens is 537 g/mol. The third-order valence-electron chi connectivity index (χ3n) is 6.81. The first kappa shape index (κ1) is 27.9. The van der Waals surface area contributed by atoms with Gasteiger partial charge in [0.25, 0.3) is 5.91 Å². The fourth-order valence-electron chi connectivity index (χ4n) is 4.71. The first-order chi connectivity index (χ1) is 20.2. The molecule has 0 unspecified atom stereocenters. The third kappa shape index (κ3) is 5.76. The molecule has 1 saturated heterocycles. The molecule has 0 spiro atoms. The summed E-state index contributed by atoms with van der Waals surface area (Å²) >= 11 is 0. The molecule has 1 aromatic heterocycles. The van der Waals surface area contributed by atoms with Crippen LogP contribution < -0.4 is 15.4 Å². The van der Waals surface area contributed by atoms with Crippen molar-refractivity contribution in [2.45, 2.75) is 20.5 Å². The van der Waals surface area contributed by atoms with E-state index in [0.717, 1.165) is 27.5 Å². The normalized spacial score (nSPS) is 13.7. The van der Waals surface area contributed by atoms with Crippen molar-refractivity contribution in [3.8, 4) is 17.5 Å². The van der Waals surface area contributed by atoms with Crippen LogP contribution in [0, 0.1) is 31.0 Å². The Bertz CT molecular complexity index is 1770. The van der Waals surface area contributed by atoms with Crippen LogP contribution in [0.2, 0.25) is 0 Å². The quantitative estimate of drug-likeness (QED) is 0.225. The fraction of sp³-hybridized carbons (Fsp3) is 0.125. The number of hydrogen-bond acceptors (Lipinski definition) is 5. The van der Waals surface area contributed by atoms with Crippen molar-refractivity contribution in [2.75, 3.05) is 11.9 Å². The van der Waals surface area contributed by atoms with Gasteiger partial charge in [-0.2, -0.15) is 5.26 Å². The Morgan fingerprint density at radius 3 is 2.50 bits per heavy atom. The van der Waals surface area contributed by atoms with Crippen LogP contribution in [0.5, 0.6) is 5.75 Å². The number of rotatable bonds is 8. The molecule has 0 aliphatic carbocycles. The Labute approximate surface area is 241 Å². The second-order valence-electron chi connectivity index (χ2n) is 9.62. The molecular formula is C32H26FN5O4. The number of hydrogen-bond donors (Lipinski definition) is 2. The van der Waals surface area contributed by atoms with E-state index in [0.29, 0.717) is 16.9 Å². The number of nitrogens with one attached hydrogen (secondary N) is 2. The average molecular weight is 564 g/mol. The van der Waals surface area contributed by atoms with Gasteiger partial charge in [-0.15, -0.1) is 0 Å². The zero-order valence-electron chi connectivity index (χ0n) is 22.8. The summed E-state index contributed by atoms with van der Waals surface area (Å²) in [6.07, 6.45) is 1.57. The molecule has 0 saturated carbocycles. The number of ether oxygens (including phenoxy) is 1. The molecule has 5 rings (SSSR count). The van der Waals surface area contributed by atoms with Gasteiger partial charge in [0.1, 0.15) is 30.4 Å². The minimum absolute atomic E-state index is 0.0281. The third-order valence-corrected chi connectivity index (χ3v) is 6.81. The van der Waals surface area contributed by atoms with E-state index in [-0.39, 0.29) is 18.0 Å². The van der Waals surface area contributed by atoms with Crippen LogP contribution in [0.4, 0.5) is 14.9 Å². The second kappa shape index (κ2) is 11.8. The highest BCUT2D eigenvalue weighted by molar-refractivity contribution is 6.16. The molecule has 2 N–H and O–H groups in total. The monoisotopic (exact) mass is 563 g/mol. The van der Waals surface area contributed by atoms with Crippen molar-refractivity contribution >= 4 is 29.6 Å². The number of amides is 4. The molecule has 10 heteroatoms. The predicted molar refractivity (Wildman–Crippen MR) is 154 cm³/mol. The lowest BCUT2D eigenvalue weighted by Crippen LogP contribution is -2.38. The molecule has 0 radical (unpaired) electrons. The Morgan fingerprint density at radius 1 is 1.05 bits per heavy atom. The summed E-state index contributed by atoms with van der Waals surface area (Å²) < 4.78 is 21.7. The fourth-order valence-corrected chi connectivity index (χ4v) is 4.71. The van der Waals surface area contributed by atoms with Crippen molar-refractivity contribution in [1.29, 1.82) is 5.26 Å². The van der Waals surface area contributed by atoms with E-state index in [4.69, 9.17) is 4.74 Å². The van der Waals surface area contributed by atoms with E-state index < -0.39 is 30.2 Å². The number of nitrogens with zero attached hydrogens (tertiary/aromatic N) is 3. The van der Waals surface area contributed by atoms with E-state index in [1.54, 1.807) is 18.2 Å². The SMILES string of the molecule is Cc1cc(/C=C2/NC(=O)N(CC(=O)Nc3ccccc3F)C2=O)c(C)n1-c1ccc(OCc2ccccc2C#N)cc1. The van der Waals surface area contributed by atoms with E-state index in [1.165, 1.54) is 18.2 Å². The molecule has 42 heavy (non-hydrogen) atoms. The number of carbonyl (C=O) groups excluding carboxylic acids is 3. The van der Waals surface area contributed by atoms with Gasteiger partial charge in [-0.1, -0.05) is 30.3 Å². The van der Waals surface area contributed by atoms with Crippen LogP contribution in [0.3, 0.4) is 0 Å². The van der Waals surface area contributed by atoms with Gasteiger partial charge in [0.2, 0.25) is 5.91 Å². The van der Waals surface area contributed by atoms with Crippen molar-refractivity contribution < 1.29 is 23.5 Å². The molecule has 210 valence electrons. The van der Waals surface area contributed by atoms with Gasteiger partial charge >= 0.3 is 6.03 Å². The van der Waals surface area contributed by atoms with Crippen molar-refractivity contribution in [2.24, 2.45) is 0 Å². The molecule has 4 aromatic rings. The number of urea groups is 1. The number of para-hydroxylation sites is 1. The van der Waals surface area contributed by atoms with Gasteiger partial charge in [0.05, 0.1) is 17.3 Å². The molecule has 1 fully saturated rings. The van der Waals surface area contributed by atoms with Crippen LogP contribution in [0.25, 0.3) is 11.8 Å². The molecule has 9 nitrogen and oxygen atoms in total. The van der Waals surface area contributed by atoms with Gasteiger partial charge in [-0.3, -0.25) is 9.59 Å². The lowest BCUT2D eigenvalue weighted by molar-refractivity contribution is -0.127. The van der Waals surface area contributed by atoms with E-state index in [9.17, 15) is 24.0 Å².